The summed E-state index contributed by atoms with van der Waals surface area (Å²) >= 11 is 0. The van der Waals surface area contributed by atoms with Crippen molar-refractivity contribution < 1.29 is 14.3 Å². The Morgan fingerprint density at radius 1 is 1.28 bits per heavy atom. The molecule has 0 saturated heterocycles. The minimum atomic E-state index is -1.13. The maximum Gasteiger partial charge on any atom is 0.213 e. The van der Waals surface area contributed by atoms with E-state index in [0.717, 1.165) is 30.7 Å². The molecule has 3 rings (SSSR count). The van der Waals surface area contributed by atoms with Crippen molar-refractivity contribution in [3.8, 4) is 5.88 Å². The van der Waals surface area contributed by atoms with Gasteiger partial charge in [0.15, 0.2) is 5.96 Å². The van der Waals surface area contributed by atoms with Crippen molar-refractivity contribution in [1.82, 2.24) is 15.6 Å². The van der Waals surface area contributed by atoms with Crippen LogP contribution in [0.5, 0.6) is 5.88 Å². The Balaban J connectivity index is 1.55. The second-order valence-electron chi connectivity index (χ2n) is 7.76. The van der Waals surface area contributed by atoms with Gasteiger partial charge in [-0.05, 0) is 64.2 Å². The average Bonchev–Trinajstić information content (AvgIpc) is 3.37. The van der Waals surface area contributed by atoms with E-state index in [1.165, 1.54) is 12.8 Å². The monoisotopic (exact) mass is 400 g/mol. The molecule has 1 saturated carbocycles. The summed E-state index contributed by atoms with van der Waals surface area (Å²) in [6.45, 7) is 7.06. The lowest BCUT2D eigenvalue weighted by Gasteiger charge is -2.22. The van der Waals surface area contributed by atoms with Gasteiger partial charge in [-0.15, -0.1) is 0 Å². The first-order valence-electron chi connectivity index (χ1n) is 10.4. The van der Waals surface area contributed by atoms with Crippen LogP contribution in [0.15, 0.2) is 39.9 Å². The second-order valence-corrected chi connectivity index (χ2v) is 7.76. The number of pyridine rings is 1. The minimum absolute atomic E-state index is 0.276. The molecule has 1 unspecified atom stereocenters. The van der Waals surface area contributed by atoms with Crippen LogP contribution in [0.4, 0.5) is 0 Å². The lowest BCUT2D eigenvalue weighted by molar-refractivity contribution is 0.0378. The Morgan fingerprint density at radius 3 is 2.69 bits per heavy atom. The van der Waals surface area contributed by atoms with Crippen molar-refractivity contribution in [1.29, 1.82) is 0 Å². The van der Waals surface area contributed by atoms with Gasteiger partial charge in [-0.25, -0.2) is 9.98 Å². The third kappa shape index (κ3) is 6.22. The maximum atomic E-state index is 10.7. The first-order chi connectivity index (χ1) is 14.0. The number of guanidine groups is 1. The van der Waals surface area contributed by atoms with Crippen molar-refractivity contribution in [2.24, 2.45) is 4.99 Å². The number of rotatable bonds is 8. The van der Waals surface area contributed by atoms with Gasteiger partial charge in [0.2, 0.25) is 5.88 Å². The van der Waals surface area contributed by atoms with Crippen molar-refractivity contribution >= 4 is 5.96 Å². The molecule has 2 aromatic heterocycles. The first-order valence-corrected chi connectivity index (χ1v) is 10.4. The van der Waals surface area contributed by atoms with E-state index in [1.807, 2.05) is 32.0 Å². The first kappa shape index (κ1) is 21.2. The Labute approximate surface area is 172 Å². The highest BCUT2D eigenvalue weighted by atomic mass is 16.5. The van der Waals surface area contributed by atoms with E-state index < -0.39 is 5.60 Å². The van der Waals surface area contributed by atoms with Crippen LogP contribution in [0.2, 0.25) is 0 Å². The van der Waals surface area contributed by atoms with E-state index in [9.17, 15) is 5.11 Å². The number of aromatic nitrogens is 1. The lowest BCUT2D eigenvalue weighted by Crippen LogP contribution is -2.44. The van der Waals surface area contributed by atoms with Crippen molar-refractivity contribution in [2.45, 2.75) is 64.7 Å². The Hall–Kier alpha value is -2.54. The van der Waals surface area contributed by atoms with Crippen LogP contribution >= 0.6 is 0 Å². The number of hydrogen-bond donors (Lipinski definition) is 3. The quantitative estimate of drug-likeness (QED) is 0.465. The fourth-order valence-corrected chi connectivity index (χ4v) is 3.33. The number of aliphatic imine (C=N–C) groups is 1. The third-order valence-electron chi connectivity index (χ3n) is 5.02. The molecule has 0 amide bonds. The highest BCUT2D eigenvalue weighted by Crippen LogP contribution is 2.23. The number of furan rings is 1. The maximum absolute atomic E-state index is 10.7. The highest BCUT2D eigenvalue weighted by molar-refractivity contribution is 5.79. The zero-order chi connectivity index (χ0) is 20.7. The smallest absolute Gasteiger partial charge is 0.213 e. The molecule has 0 spiro atoms. The van der Waals surface area contributed by atoms with E-state index in [-0.39, 0.29) is 6.54 Å². The molecule has 1 aliphatic carbocycles. The van der Waals surface area contributed by atoms with Gasteiger partial charge in [-0.3, -0.25) is 0 Å². The molecular formula is C22H32N4O3. The van der Waals surface area contributed by atoms with Gasteiger partial charge in [0.05, 0.1) is 13.1 Å². The molecule has 3 N–H and O–H groups in total. The molecule has 29 heavy (non-hydrogen) atoms. The lowest BCUT2D eigenvalue weighted by atomic mass is 10.0. The summed E-state index contributed by atoms with van der Waals surface area (Å²) in [6, 6.07) is 7.54. The van der Waals surface area contributed by atoms with Gasteiger partial charge in [-0.2, -0.15) is 0 Å². The van der Waals surface area contributed by atoms with E-state index in [1.54, 1.807) is 19.2 Å². The molecule has 0 aromatic carbocycles. The Bertz CT molecular complexity index is 793. The van der Waals surface area contributed by atoms with Crippen LogP contribution in [0, 0.1) is 6.92 Å². The molecule has 7 nitrogen and oxygen atoms in total. The van der Waals surface area contributed by atoms with Crippen molar-refractivity contribution in [3.05, 3.63) is 47.5 Å². The molecule has 0 aliphatic heterocycles. The molecule has 1 atom stereocenters. The van der Waals surface area contributed by atoms with Crippen LogP contribution in [0.1, 0.15) is 56.6 Å². The van der Waals surface area contributed by atoms with Gasteiger partial charge in [0.25, 0.3) is 0 Å². The van der Waals surface area contributed by atoms with Crippen LogP contribution in [0.25, 0.3) is 0 Å². The predicted molar refractivity (Wildman–Crippen MR) is 113 cm³/mol. The molecule has 158 valence electrons. The number of nitrogens with zero attached hydrogens (tertiary/aromatic N) is 2. The standard InChI is InChI=1S/C22H32N4O3/c1-4-23-21(26-15-22(3,27)19-11-9-16(2)28-19)25-14-17-10-12-20(24-13-17)29-18-7-5-6-8-18/h9-13,18,27H,4-8,14-15H2,1-3H3,(H2,23,25,26). The molecule has 1 aliphatic rings. The predicted octanol–water partition coefficient (Wildman–Crippen LogP) is 3.27. The molecule has 2 aromatic rings. The zero-order valence-electron chi connectivity index (χ0n) is 17.6. The SMILES string of the molecule is CCNC(=NCc1ccc(OC2CCCC2)nc1)NCC(C)(O)c1ccc(C)o1. The van der Waals surface area contributed by atoms with Crippen LogP contribution in [0.3, 0.4) is 0 Å². The number of hydrogen-bond acceptors (Lipinski definition) is 5. The molecule has 0 bridgehead atoms. The highest BCUT2D eigenvalue weighted by Gasteiger charge is 2.27. The summed E-state index contributed by atoms with van der Waals surface area (Å²) in [7, 11) is 0. The third-order valence-corrected chi connectivity index (χ3v) is 5.02. The Morgan fingerprint density at radius 2 is 2.07 bits per heavy atom. The summed E-state index contributed by atoms with van der Waals surface area (Å²) in [5.74, 6) is 2.61. The summed E-state index contributed by atoms with van der Waals surface area (Å²) in [5, 5.41) is 17.1. The molecule has 2 heterocycles. The van der Waals surface area contributed by atoms with Crippen molar-refractivity contribution in [2.75, 3.05) is 13.1 Å². The van der Waals surface area contributed by atoms with E-state index in [2.05, 4.69) is 20.6 Å². The number of ether oxygens (including phenoxy) is 1. The van der Waals surface area contributed by atoms with Gasteiger partial charge in [0, 0.05) is 18.8 Å². The van der Waals surface area contributed by atoms with Crippen molar-refractivity contribution in [3.63, 3.8) is 0 Å². The zero-order valence-corrected chi connectivity index (χ0v) is 17.6. The summed E-state index contributed by atoms with van der Waals surface area (Å²) < 4.78 is 11.5. The van der Waals surface area contributed by atoms with Crippen LogP contribution < -0.4 is 15.4 Å². The summed E-state index contributed by atoms with van der Waals surface area (Å²) in [6.07, 6.45) is 6.83. The van der Waals surface area contributed by atoms with Gasteiger partial charge >= 0.3 is 0 Å². The van der Waals surface area contributed by atoms with E-state index >= 15 is 0 Å². The number of aryl methyl sites for hydroxylation is 1. The molecular weight excluding hydrogens is 368 g/mol. The van der Waals surface area contributed by atoms with Crippen LogP contribution in [-0.4, -0.2) is 35.2 Å². The number of aliphatic hydroxyl groups is 1. The average molecular weight is 401 g/mol. The summed E-state index contributed by atoms with van der Waals surface area (Å²) in [4.78, 5) is 9.00. The van der Waals surface area contributed by atoms with E-state index in [4.69, 9.17) is 9.15 Å². The normalized spacial score (nSPS) is 17.2. The van der Waals surface area contributed by atoms with Crippen LogP contribution in [-0.2, 0) is 12.1 Å². The fourth-order valence-electron chi connectivity index (χ4n) is 3.33. The van der Waals surface area contributed by atoms with E-state index in [0.29, 0.717) is 30.2 Å². The summed E-state index contributed by atoms with van der Waals surface area (Å²) in [5.41, 5.74) is -0.139. The molecule has 0 radical (unpaired) electrons. The van der Waals surface area contributed by atoms with Gasteiger partial charge < -0.3 is 24.9 Å². The largest absolute Gasteiger partial charge is 0.474 e. The minimum Gasteiger partial charge on any atom is -0.474 e. The topological polar surface area (TPSA) is 91.9 Å². The van der Waals surface area contributed by atoms with Gasteiger partial charge in [-0.1, -0.05) is 6.07 Å². The van der Waals surface area contributed by atoms with Gasteiger partial charge in [0.1, 0.15) is 23.2 Å². The molecule has 1 fully saturated rings. The molecule has 7 heteroatoms. The number of nitrogens with one attached hydrogen (secondary N) is 2. The second kappa shape index (κ2) is 9.78. The fraction of sp³-hybridized carbons (Fsp3) is 0.545. The Kier molecular flexibility index (Phi) is 7.14.